The van der Waals surface area contributed by atoms with Crippen molar-refractivity contribution in [2.24, 2.45) is 7.05 Å². The lowest BCUT2D eigenvalue weighted by atomic mass is 10.3. The van der Waals surface area contributed by atoms with Crippen LogP contribution in [0.3, 0.4) is 0 Å². The summed E-state index contributed by atoms with van der Waals surface area (Å²) in [4.78, 5) is 14.3. The average molecular weight is 199 g/mol. The van der Waals surface area contributed by atoms with Gasteiger partial charge in [0, 0.05) is 18.8 Å². The summed E-state index contributed by atoms with van der Waals surface area (Å²) in [5.74, 6) is 0.308. The van der Waals surface area contributed by atoms with Crippen molar-refractivity contribution in [3.63, 3.8) is 0 Å². The van der Waals surface area contributed by atoms with E-state index >= 15 is 0 Å². The van der Waals surface area contributed by atoms with E-state index < -0.39 is 0 Å². The Labute approximate surface area is 85.8 Å². The second-order valence-corrected chi connectivity index (χ2v) is 2.20. The van der Waals surface area contributed by atoms with Crippen molar-refractivity contribution in [2.45, 2.75) is 34.6 Å². The molecule has 0 radical (unpaired) electrons. The van der Waals surface area contributed by atoms with Crippen molar-refractivity contribution >= 4 is 5.82 Å². The standard InChI is InChI=1S/C6H9N3O.2C2H6/c1-4-3-9(2)6(10)8-5(4)7;2*1-2/h3H,1-2H3,(H2,7,8,10);2*1-2H3. The highest BCUT2D eigenvalue weighted by molar-refractivity contribution is 5.34. The Bertz CT molecular complexity index is 305. The molecule has 4 nitrogen and oxygen atoms in total. The van der Waals surface area contributed by atoms with Crippen LogP contribution in [0.15, 0.2) is 11.0 Å². The minimum absolute atomic E-state index is 0.308. The van der Waals surface area contributed by atoms with Crippen LogP contribution >= 0.6 is 0 Å². The van der Waals surface area contributed by atoms with Gasteiger partial charge < -0.3 is 10.3 Å². The van der Waals surface area contributed by atoms with Gasteiger partial charge in [0.15, 0.2) is 0 Å². The summed E-state index contributed by atoms with van der Waals surface area (Å²) >= 11 is 0. The highest BCUT2D eigenvalue weighted by Crippen LogP contribution is 1.99. The Morgan fingerprint density at radius 1 is 1.29 bits per heavy atom. The molecule has 0 aliphatic heterocycles. The van der Waals surface area contributed by atoms with Crippen molar-refractivity contribution in [1.29, 1.82) is 0 Å². The normalized spacial score (nSPS) is 7.86. The predicted octanol–water partition coefficient (Wildman–Crippen LogP) is 1.72. The smallest absolute Gasteiger partial charge is 0.349 e. The first-order chi connectivity index (χ1) is 6.61. The van der Waals surface area contributed by atoms with Crippen molar-refractivity contribution in [3.05, 3.63) is 22.2 Å². The van der Waals surface area contributed by atoms with E-state index in [2.05, 4.69) is 4.98 Å². The molecule has 1 heterocycles. The molecule has 4 heteroatoms. The largest absolute Gasteiger partial charge is 0.383 e. The van der Waals surface area contributed by atoms with Crippen LogP contribution < -0.4 is 11.4 Å². The molecule has 0 atom stereocenters. The zero-order chi connectivity index (χ0) is 11.7. The maximum absolute atomic E-state index is 10.8. The third-order valence-electron chi connectivity index (χ3n) is 1.31. The molecule has 0 bridgehead atoms. The van der Waals surface area contributed by atoms with Crippen molar-refractivity contribution in [2.75, 3.05) is 5.73 Å². The molecule has 0 fully saturated rings. The SMILES string of the molecule is CC.CC.Cc1cn(C)c(=O)nc1N. The molecule has 14 heavy (non-hydrogen) atoms. The summed E-state index contributed by atoms with van der Waals surface area (Å²) < 4.78 is 1.39. The van der Waals surface area contributed by atoms with Gasteiger partial charge in [0.1, 0.15) is 5.82 Å². The van der Waals surface area contributed by atoms with E-state index in [4.69, 9.17) is 5.73 Å². The van der Waals surface area contributed by atoms with Crippen LogP contribution in [0.2, 0.25) is 0 Å². The molecule has 0 saturated carbocycles. The second-order valence-electron chi connectivity index (χ2n) is 2.20. The van der Waals surface area contributed by atoms with E-state index in [0.29, 0.717) is 5.82 Å². The zero-order valence-electron chi connectivity index (χ0n) is 9.96. The summed E-state index contributed by atoms with van der Waals surface area (Å²) in [6.45, 7) is 9.81. The Kier molecular flexibility index (Phi) is 8.98. The van der Waals surface area contributed by atoms with Crippen LogP contribution in [0.25, 0.3) is 0 Å². The molecule has 0 aromatic carbocycles. The molecular weight excluding hydrogens is 178 g/mol. The number of hydrogen-bond acceptors (Lipinski definition) is 3. The number of rotatable bonds is 0. The minimum Gasteiger partial charge on any atom is -0.383 e. The molecular formula is C10H21N3O. The number of aromatic nitrogens is 2. The second kappa shape index (κ2) is 8.29. The minimum atomic E-state index is -0.317. The van der Waals surface area contributed by atoms with Gasteiger partial charge in [-0.25, -0.2) is 4.79 Å². The highest BCUT2D eigenvalue weighted by atomic mass is 16.1. The average Bonchev–Trinajstić information content (AvgIpc) is 2.21. The quantitative estimate of drug-likeness (QED) is 0.692. The Morgan fingerprint density at radius 3 is 2.07 bits per heavy atom. The van der Waals surface area contributed by atoms with Crippen LogP contribution in [0.1, 0.15) is 33.3 Å². The van der Waals surface area contributed by atoms with E-state index in [0.717, 1.165) is 5.56 Å². The number of nitrogens with zero attached hydrogens (tertiary/aromatic N) is 2. The third-order valence-corrected chi connectivity index (χ3v) is 1.31. The molecule has 1 aromatic heterocycles. The third kappa shape index (κ3) is 4.64. The number of hydrogen-bond donors (Lipinski definition) is 1. The lowest BCUT2D eigenvalue weighted by molar-refractivity contribution is 0.805. The van der Waals surface area contributed by atoms with E-state index in [1.165, 1.54) is 4.57 Å². The fourth-order valence-electron chi connectivity index (χ4n) is 0.682. The number of anilines is 1. The van der Waals surface area contributed by atoms with Gasteiger partial charge in [-0.15, -0.1) is 0 Å². The van der Waals surface area contributed by atoms with Crippen LogP contribution in [-0.2, 0) is 7.05 Å². The summed E-state index contributed by atoms with van der Waals surface area (Å²) in [5, 5.41) is 0. The highest BCUT2D eigenvalue weighted by Gasteiger charge is 1.96. The van der Waals surface area contributed by atoms with Crippen LogP contribution in [-0.4, -0.2) is 9.55 Å². The predicted molar refractivity (Wildman–Crippen MR) is 61.3 cm³/mol. The summed E-state index contributed by atoms with van der Waals surface area (Å²) in [6, 6.07) is 0. The number of aryl methyl sites for hydroxylation is 2. The van der Waals surface area contributed by atoms with Gasteiger partial charge in [0.25, 0.3) is 0 Å². The van der Waals surface area contributed by atoms with Gasteiger partial charge in [-0.1, -0.05) is 27.7 Å². The molecule has 0 amide bonds. The van der Waals surface area contributed by atoms with Gasteiger partial charge in [0.2, 0.25) is 0 Å². The van der Waals surface area contributed by atoms with Gasteiger partial charge >= 0.3 is 5.69 Å². The van der Waals surface area contributed by atoms with E-state index in [1.807, 2.05) is 34.6 Å². The summed E-state index contributed by atoms with van der Waals surface area (Å²) in [6.07, 6.45) is 1.66. The molecule has 0 aliphatic rings. The van der Waals surface area contributed by atoms with E-state index in [9.17, 15) is 4.79 Å². The van der Waals surface area contributed by atoms with E-state index in [1.54, 1.807) is 13.2 Å². The molecule has 0 unspecified atom stereocenters. The molecule has 0 spiro atoms. The first-order valence-electron chi connectivity index (χ1n) is 4.91. The molecule has 1 rings (SSSR count). The maximum atomic E-state index is 10.8. The number of nitrogens with two attached hydrogens (primary N) is 1. The first kappa shape index (κ1) is 15.2. The zero-order valence-corrected chi connectivity index (χ0v) is 9.96. The molecule has 2 N–H and O–H groups in total. The van der Waals surface area contributed by atoms with Gasteiger partial charge in [-0.2, -0.15) is 4.98 Å². The van der Waals surface area contributed by atoms with Crippen LogP contribution in [0, 0.1) is 6.92 Å². The monoisotopic (exact) mass is 199 g/mol. The van der Waals surface area contributed by atoms with Crippen LogP contribution in [0.4, 0.5) is 5.82 Å². The molecule has 0 aliphatic carbocycles. The van der Waals surface area contributed by atoms with Crippen molar-refractivity contribution < 1.29 is 0 Å². The Hall–Kier alpha value is -1.32. The summed E-state index contributed by atoms with van der Waals surface area (Å²) in [7, 11) is 1.64. The molecule has 0 saturated heterocycles. The lowest BCUT2D eigenvalue weighted by Gasteiger charge is -1.99. The van der Waals surface area contributed by atoms with E-state index in [-0.39, 0.29) is 5.69 Å². The fourth-order valence-corrected chi connectivity index (χ4v) is 0.682. The molecule has 82 valence electrons. The van der Waals surface area contributed by atoms with Gasteiger partial charge in [-0.05, 0) is 6.92 Å². The van der Waals surface area contributed by atoms with Crippen molar-refractivity contribution in [1.82, 2.24) is 9.55 Å². The van der Waals surface area contributed by atoms with Crippen LogP contribution in [0.5, 0.6) is 0 Å². The fraction of sp³-hybridized carbons (Fsp3) is 0.600. The maximum Gasteiger partial charge on any atom is 0.349 e. The first-order valence-corrected chi connectivity index (χ1v) is 4.91. The Balaban J connectivity index is 0. The topological polar surface area (TPSA) is 60.9 Å². The Morgan fingerprint density at radius 2 is 1.71 bits per heavy atom. The van der Waals surface area contributed by atoms with Gasteiger partial charge in [0.05, 0.1) is 0 Å². The summed E-state index contributed by atoms with van der Waals surface area (Å²) in [5.41, 5.74) is 5.87. The van der Waals surface area contributed by atoms with Gasteiger partial charge in [-0.3, -0.25) is 0 Å². The molecule has 1 aromatic rings. The number of nitrogen functional groups attached to an aromatic ring is 1. The lowest BCUT2D eigenvalue weighted by Crippen LogP contribution is -2.21. The van der Waals surface area contributed by atoms with Crippen molar-refractivity contribution in [3.8, 4) is 0 Å².